The summed E-state index contributed by atoms with van der Waals surface area (Å²) in [5.74, 6) is -0.421. The van der Waals surface area contributed by atoms with Crippen LogP contribution in [0, 0.1) is 11.8 Å². The summed E-state index contributed by atoms with van der Waals surface area (Å²) in [7, 11) is 3.95. The van der Waals surface area contributed by atoms with Crippen molar-refractivity contribution in [3.05, 3.63) is 71.4 Å². The standard InChI is InChI=1S/C20H26N2O2/c1-13(15-5-9-21(3)10-6-15)17-19(23)18(20(17)24)14(2)16-7-11-22(4)12-8-16/h5-12,17-20,23-24H,1-4H3. The second kappa shape index (κ2) is 6.46. The first-order valence-electron chi connectivity index (χ1n) is 8.34. The molecule has 3 rings (SSSR count). The van der Waals surface area contributed by atoms with Gasteiger partial charge in [-0.3, -0.25) is 0 Å². The summed E-state index contributed by atoms with van der Waals surface area (Å²) >= 11 is 0. The molecule has 0 aromatic carbocycles. The first-order valence-corrected chi connectivity index (χ1v) is 8.34. The smallest absolute Gasteiger partial charge is 0.0721 e. The van der Waals surface area contributed by atoms with Gasteiger partial charge in [0.2, 0.25) is 0 Å². The molecule has 3 aliphatic rings. The van der Waals surface area contributed by atoms with Gasteiger partial charge in [0.1, 0.15) is 0 Å². The molecular formula is C20H26N2O2. The summed E-state index contributed by atoms with van der Waals surface area (Å²) in [5, 5.41) is 21.4. The number of allylic oxidation sites excluding steroid dienone is 6. The predicted octanol–water partition coefficient (Wildman–Crippen LogP) is 2.53. The van der Waals surface area contributed by atoms with Crippen LogP contribution in [0.15, 0.2) is 71.4 Å². The molecule has 2 heterocycles. The fourth-order valence-corrected chi connectivity index (χ4v) is 3.64. The van der Waals surface area contributed by atoms with E-state index < -0.39 is 12.2 Å². The van der Waals surface area contributed by atoms with Gasteiger partial charge in [-0.05, 0) is 49.3 Å². The van der Waals surface area contributed by atoms with Gasteiger partial charge in [0.15, 0.2) is 0 Å². The third-order valence-electron chi connectivity index (χ3n) is 5.34. The van der Waals surface area contributed by atoms with Crippen molar-refractivity contribution in [1.82, 2.24) is 9.80 Å². The molecular weight excluding hydrogens is 300 g/mol. The van der Waals surface area contributed by atoms with Crippen LogP contribution >= 0.6 is 0 Å². The second-order valence-corrected chi connectivity index (χ2v) is 6.90. The maximum atomic E-state index is 10.7. The molecule has 4 nitrogen and oxygen atoms in total. The first kappa shape index (κ1) is 16.8. The maximum absolute atomic E-state index is 10.7. The Morgan fingerprint density at radius 2 is 1.00 bits per heavy atom. The number of nitrogens with zero attached hydrogens (tertiary/aromatic N) is 2. The summed E-state index contributed by atoms with van der Waals surface area (Å²) in [4.78, 5) is 3.95. The fourth-order valence-electron chi connectivity index (χ4n) is 3.64. The quantitative estimate of drug-likeness (QED) is 0.819. The number of hydrogen-bond donors (Lipinski definition) is 2. The highest BCUT2D eigenvalue weighted by molar-refractivity contribution is 5.44. The average Bonchev–Trinajstić information content (AvgIpc) is 2.56. The number of rotatable bonds is 2. The van der Waals surface area contributed by atoms with Crippen LogP contribution in [0.2, 0.25) is 0 Å². The molecule has 0 radical (unpaired) electrons. The monoisotopic (exact) mass is 326 g/mol. The Hall–Kier alpha value is -2.04. The molecule has 0 bridgehead atoms. The van der Waals surface area contributed by atoms with Crippen molar-refractivity contribution in [2.24, 2.45) is 11.8 Å². The molecule has 0 aromatic heterocycles. The Balaban J connectivity index is 1.80. The summed E-state index contributed by atoms with van der Waals surface area (Å²) < 4.78 is 0. The summed E-state index contributed by atoms with van der Waals surface area (Å²) in [6.45, 7) is 4.00. The Bertz CT molecular complexity index is 596. The molecule has 128 valence electrons. The van der Waals surface area contributed by atoms with Crippen molar-refractivity contribution in [3.63, 3.8) is 0 Å². The SMILES string of the molecule is CC(=C1C=CN(C)C=C1)C1C(O)C(C(C)=C2C=CN(C)C=C2)C1O. The second-order valence-electron chi connectivity index (χ2n) is 6.90. The normalized spacial score (nSPS) is 31.6. The van der Waals surface area contributed by atoms with E-state index in [-0.39, 0.29) is 11.8 Å². The van der Waals surface area contributed by atoms with Crippen LogP contribution in [-0.4, -0.2) is 46.3 Å². The Kier molecular flexibility index (Phi) is 4.52. The zero-order valence-corrected chi connectivity index (χ0v) is 14.7. The van der Waals surface area contributed by atoms with Crippen molar-refractivity contribution in [1.29, 1.82) is 0 Å². The summed E-state index contributed by atoms with van der Waals surface area (Å²) in [6.07, 6.45) is 14.9. The molecule has 24 heavy (non-hydrogen) atoms. The van der Waals surface area contributed by atoms with E-state index in [4.69, 9.17) is 0 Å². The molecule has 1 fully saturated rings. The van der Waals surface area contributed by atoms with Crippen molar-refractivity contribution < 1.29 is 10.2 Å². The summed E-state index contributed by atoms with van der Waals surface area (Å²) in [6, 6.07) is 0. The van der Waals surface area contributed by atoms with Crippen molar-refractivity contribution in [2.45, 2.75) is 26.1 Å². The third-order valence-corrected chi connectivity index (χ3v) is 5.34. The minimum atomic E-state index is -0.553. The molecule has 0 amide bonds. The van der Waals surface area contributed by atoms with E-state index in [1.165, 1.54) is 0 Å². The van der Waals surface area contributed by atoms with Crippen LogP contribution in [0.3, 0.4) is 0 Å². The minimum Gasteiger partial charge on any atom is -0.392 e. The third kappa shape index (κ3) is 2.87. The van der Waals surface area contributed by atoms with E-state index in [2.05, 4.69) is 0 Å². The van der Waals surface area contributed by atoms with Gasteiger partial charge in [-0.2, -0.15) is 0 Å². The lowest BCUT2D eigenvalue weighted by Crippen LogP contribution is -2.56. The van der Waals surface area contributed by atoms with E-state index in [1.54, 1.807) is 0 Å². The highest BCUT2D eigenvalue weighted by Crippen LogP contribution is 2.45. The number of aliphatic hydroxyl groups is 2. The van der Waals surface area contributed by atoms with E-state index in [1.807, 2.05) is 86.8 Å². The van der Waals surface area contributed by atoms with Crippen molar-refractivity contribution in [3.8, 4) is 0 Å². The maximum Gasteiger partial charge on any atom is 0.0721 e. The molecule has 2 N–H and O–H groups in total. The van der Waals surface area contributed by atoms with E-state index in [9.17, 15) is 10.2 Å². The minimum absolute atomic E-state index is 0.211. The van der Waals surface area contributed by atoms with Gasteiger partial charge in [-0.15, -0.1) is 0 Å². The van der Waals surface area contributed by atoms with Crippen LogP contribution in [0.4, 0.5) is 0 Å². The molecule has 4 heteroatoms. The highest BCUT2D eigenvalue weighted by atomic mass is 16.3. The molecule has 1 saturated carbocycles. The molecule has 0 saturated heterocycles. The number of aliphatic hydroxyl groups excluding tert-OH is 2. The lowest BCUT2D eigenvalue weighted by atomic mass is 9.62. The van der Waals surface area contributed by atoms with Crippen LogP contribution in [-0.2, 0) is 0 Å². The van der Waals surface area contributed by atoms with Crippen LogP contribution < -0.4 is 0 Å². The zero-order chi connectivity index (χ0) is 17.4. The van der Waals surface area contributed by atoms with Gasteiger partial charge in [-0.1, -0.05) is 11.1 Å². The lowest BCUT2D eigenvalue weighted by molar-refractivity contribution is -0.119. The van der Waals surface area contributed by atoms with Crippen molar-refractivity contribution >= 4 is 0 Å². The van der Waals surface area contributed by atoms with Gasteiger partial charge in [0.05, 0.1) is 12.2 Å². The lowest BCUT2D eigenvalue weighted by Gasteiger charge is -2.48. The molecule has 0 spiro atoms. The Morgan fingerprint density at radius 1 is 0.708 bits per heavy atom. The summed E-state index contributed by atoms with van der Waals surface area (Å²) in [5.41, 5.74) is 4.22. The van der Waals surface area contributed by atoms with Crippen LogP contribution in [0.25, 0.3) is 0 Å². The van der Waals surface area contributed by atoms with Crippen LogP contribution in [0.1, 0.15) is 13.8 Å². The topological polar surface area (TPSA) is 46.9 Å². The highest BCUT2D eigenvalue weighted by Gasteiger charge is 2.50. The largest absolute Gasteiger partial charge is 0.392 e. The van der Waals surface area contributed by atoms with E-state index in [0.717, 1.165) is 22.3 Å². The van der Waals surface area contributed by atoms with Gasteiger partial charge < -0.3 is 20.0 Å². The van der Waals surface area contributed by atoms with Gasteiger partial charge in [0, 0.05) is 50.7 Å². The first-order chi connectivity index (χ1) is 11.4. The Morgan fingerprint density at radius 3 is 1.29 bits per heavy atom. The van der Waals surface area contributed by atoms with E-state index in [0.29, 0.717) is 0 Å². The number of hydrogen-bond acceptors (Lipinski definition) is 4. The molecule has 0 aromatic rings. The molecule has 1 aliphatic carbocycles. The fraction of sp³-hybridized carbons (Fsp3) is 0.400. The van der Waals surface area contributed by atoms with E-state index >= 15 is 0 Å². The molecule has 2 aliphatic heterocycles. The van der Waals surface area contributed by atoms with Gasteiger partial charge in [0.25, 0.3) is 0 Å². The predicted molar refractivity (Wildman–Crippen MR) is 96.5 cm³/mol. The van der Waals surface area contributed by atoms with Crippen LogP contribution in [0.5, 0.6) is 0 Å². The van der Waals surface area contributed by atoms with Gasteiger partial charge >= 0.3 is 0 Å². The zero-order valence-electron chi connectivity index (χ0n) is 14.7. The van der Waals surface area contributed by atoms with Gasteiger partial charge in [-0.25, -0.2) is 0 Å². The molecule has 0 unspecified atom stereocenters. The molecule has 0 atom stereocenters. The average molecular weight is 326 g/mol. The Labute approximate surface area is 144 Å². The van der Waals surface area contributed by atoms with Crippen molar-refractivity contribution in [2.75, 3.05) is 14.1 Å².